The van der Waals surface area contributed by atoms with E-state index in [4.69, 9.17) is 0 Å². The maximum atomic E-state index is 12.4. The third kappa shape index (κ3) is 3.86. The molecule has 0 atom stereocenters. The minimum Gasteiger partial charge on any atom is -0.377 e. The first-order valence-corrected chi connectivity index (χ1v) is 8.79. The minimum atomic E-state index is -0.462. The molecular weight excluding hydrogens is 326 g/mol. The molecule has 0 saturated heterocycles. The highest BCUT2D eigenvalue weighted by Gasteiger charge is 2.25. The molecule has 3 rings (SSSR count). The molecule has 0 aliphatic heterocycles. The zero-order chi connectivity index (χ0) is 17.1. The van der Waals surface area contributed by atoms with E-state index in [9.17, 15) is 14.9 Å². The number of amides is 1. The SMILES string of the molecule is CSc1cccc(NC(=O)c2ccc(NC3CC3)c([N+](=O)[O-])c2)c1. The van der Waals surface area contributed by atoms with Gasteiger partial charge in [0.1, 0.15) is 5.69 Å². The van der Waals surface area contributed by atoms with Crippen molar-refractivity contribution in [2.75, 3.05) is 16.9 Å². The third-order valence-corrected chi connectivity index (χ3v) is 4.45. The van der Waals surface area contributed by atoms with Crippen molar-refractivity contribution in [2.45, 2.75) is 23.8 Å². The second-order valence-electron chi connectivity index (χ2n) is 5.59. The van der Waals surface area contributed by atoms with Crippen molar-refractivity contribution >= 4 is 34.7 Å². The molecular formula is C17H17N3O3S. The smallest absolute Gasteiger partial charge is 0.293 e. The molecule has 1 aliphatic carbocycles. The molecule has 1 amide bonds. The van der Waals surface area contributed by atoms with Crippen molar-refractivity contribution < 1.29 is 9.72 Å². The second-order valence-corrected chi connectivity index (χ2v) is 6.47. The van der Waals surface area contributed by atoms with E-state index in [-0.39, 0.29) is 17.2 Å². The van der Waals surface area contributed by atoms with Gasteiger partial charge in [-0.1, -0.05) is 6.07 Å². The Labute approximate surface area is 143 Å². The Morgan fingerprint density at radius 1 is 1.25 bits per heavy atom. The summed E-state index contributed by atoms with van der Waals surface area (Å²) in [6.45, 7) is 0. The fraction of sp³-hybridized carbons (Fsp3) is 0.235. The topological polar surface area (TPSA) is 84.3 Å². The van der Waals surface area contributed by atoms with Gasteiger partial charge >= 0.3 is 0 Å². The van der Waals surface area contributed by atoms with E-state index in [0.29, 0.717) is 17.4 Å². The molecule has 124 valence electrons. The first-order chi connectivity index (χ1) is 11.6. The Morgan fingerprint density at radius 2 is 2.04 bits per heavy atom. The van der Waals surface area contributed by atoms with Gasteiger partial charge in [-0.15, -0.1) is 11.8 Å². The number of hydrogen-bond donors (Lipinski definition) is 2. The van der Waals surface area contributed by atoms with Crippen LogP contribution in [0.2, 0.25) is 0 Å². The lowest BCUT2D eigenvalue weighted by Crippen LogP contribution is -2.13. The Hall–Kier alpha value is -2.54. The average Bonchev–Trinajstić information content (AvgIpc) is 3.39. The van der Waals surface area contributed by atoms with Crippen molar-refractivity contribution in [3.05, 3.63) is 58.1 Å². The fourth-order valence-corrected chi connectivity index (χ4v) is 2.76. The summed E-state index contributed by atoms with van der Waals surface area (Å²) >= 11 is 1.58. The molecule has 0 bridgehead atoms. The van der Waals surface area contributed by atoms with Crippen molar-refractivity contribution in [2.24, 2.45) is 0 Å². The molecule has 0 unspecified atom stereocenters. The second kappa shape index (κ2) is 6.92. The molecule has 0 radical (unpaired) electrons. The molecule has 1 fully saturated rings. The molecule has 1 aliphatic rings. The molecule has 1 saturated carbocycles. The van der Waals surface area contributed by atoms with E-state index >= 15 is 0 Å². The summed E-state index contributed by atoms with van der Waals surface area (Å²) in [4.78, 5) is 24.2. The number of anilines is 2. The standard InChI is InChI=1S/C17H17N3O3S/c1-24-14-4-2-3-13(10-14)19-17(21)11-5-8-15(18-12-6-7-12)16(9-11)20(22)23/h2-5,8-10,12,18H,6-7H2,1H3,(H,19,21). The van der Waals surface area contributed by atoms with E-state index in [1.165, 1.54) is 6.07 Å². The number of nitro benzene ring substituents is 1. The van der Waals surface area contributed by atoms with Gasteiger partial charge in [0.15, 0.2) is 0 Å². The Kier molecular flexibility index (Phi) is 4.71. The van der Waals surface area contributed by atoms with Crippen molar-refractivity contribution in [3.8, 4) is 0 Å². The summed E-state index contributed by atoms with van der Waals surface area (Å²) in [6.07, 6.45) is 3.99. The van der Waals surface area contributed by atoms with Crippen LogP contribution < -0.4 is 10.6 Å². The summed E-state index contributed by atoms with van der Waals surface area (Å²) in [5.41, 5.74) is 1.31. The van der Waals surface area contributed by atoms with E-state index < -0.39 is 4.92 Å². The molecule has 2 N–H and O–H groups in total. The maximum Gasteiger partial charge on any atom is 0.293 e. The Bertz CT molecular complexity index is 790. The number of benzene rings is 2. The van der Waals surface area contributed by atoms with Crippen LogP contribution in [0.25, 0.3) is 0 Å². The number of hydrogen-bond acceptors (Lipinski definition) is 5. The molecule has 0 spiro atoms. The average molecular weight is 343 g/mol. The zero-order valence-corrected chi connectivity index (χ0v) is 13.9. The van der Waals surface area contributed by atoms with E-state index in [0.717, 1.165) is 17.7 Å². The van der Waals surface area contributed by atoms with E-state index in [1.54, 1.807) is 30.0 Å². The van der Waals surface area contributed by atoms with Crippen LogP contribution in [0, 0.1) is 10.1 Å². The molecule has 2 aromatic carbocycles. The number of rotatable bonds is 6. The molecule has 7 heteroatoms. The highest BCUT2D eigenvalue weighted by Crippen LogP contribution is 2.31. The highest BCUT2D eigenvalue weighted by atomic mass is 32.2. The van der Waals surface area contributed by atoms with Crippen LogP contribution >= 0.6 is 11.8 Å². The van der Waals surface area contributed by atoms with Crippen LogP contribution in [-0.2, 0) is 0 Å². The van der Waals surface area contributed by atoms with Gasteiger partial charge in [-0.2, -0.15) is 0 Å². The normalized spacial score (nSPS) is 13.4. The van der Waals surface area contributed by atoms with Crippen LogP contribution in [0.4, 0.5) is 17.1 Å². The number of carbonyl (C=O) groups excluding carboxylic acids is 1. The Morgan fingerprint density at radius 3 is 2.71 bits per heavy atom. The Balaban J connectivity index is 1.81. The first kappa shape index (κ1) is 16.3. The van der Waals surface area contributed by atoms with Gasteiger partial charge in [-0.05, 0) is 49.4 Å². The van der Waals surface area contributed by atoms with Crippen LogP contribution in [0.3, 0.4) is 0 Å². The summed E-state index contributed by atoms with van der Waals surface area (Å²) < 4.78 is 0. The van der Waals surface area contributed by atoms with E-state index in [2.05, 4.69) is 10.6 Å². The lowest BCUT2D eigenvalue weighted by Gasteiger charge is -2.09. The molecule has 2 aromatic rings. The lowest BCUT2D eigenvalue weighted by molar-refractivity contribution is -0.384. The summed E-state index contributed by atoms with van der Waals surface area (Å²) in [7, 11) is 0. The predicted molar refractivity (Wildman–Crippen MR) is 95.9 cm³/mol. The van der Waals surface area contributed by atoms with Crippen molar-refractivity contribution in [1.82, 2.24) is 0 Å². The van der Waals surface area contributed by atoms with Crippen LogP contribution in [-0.4, -0.2) is 23.1 Å². The highest BCUT2D eigenvalue weighted by molar-refractivity contribution is 7.98. The number of nitrogens with zero attached hydrogens (tertiary/aromatic N) is 1. The molecule has 0 aromatic heterocycles. The van der Waals surface area contributed by atoms with Gasteiger partial charge < -0.3 is 10.6 Å². The zero-order valence-electron chi connectivity index (χ0n) is 13.1. The summed E-state index contributed by atoms with van der Waals surface area (Å²) in [5, 5.41) is 17.2. The van der Waals surface area contributed by atoms with Crippen molar-refractivity contribution in [3.63, 3.8) is 0 Å². The largest absolute Gasteiger partial charge is 0.377 e. The third-order valence-electron chi connectivity index (χ3n) is 3.72. The van der Waals surface area contributed by atoms with Crippen LogP contribution in [0.15, 0.2) is 47.4 Å². The van der Waals surface area contributed by atoms with Crippen molar-refractivity contribution in [1.29, 1.82) is 0 Å². The fourth-order valence-electron chi connectivity index (χ4n) is 2.30. The van der Waals surface area contributed by atoms with Gasteiger partial charge in [0.25, 0.3) is 11.6 Å². The molecule has 6 nitrogen and oxygen atoms in total. The summed E-state index contributed by atoms with van der Waals surface area (Å²) in [5.74, 6) is -0.366. The number of thioether (sulfide) groups is 1. The molecule has 0 heterocycles. The van der Waals surface area contributed by atoms with Gasteiger partial charge in [0, 0.05) is 28.3 Å². The number of nitrogens with one attached hydrogen (secondary N) is 2. The quantitative estimate of drug-likeness (QED) is 0.468. The van der Waals surface area contributed by atoms with Crippen LogP contribution in [0.5, 0.6) is 0 Å². The lowest BCUT2D eigenvalue weighted by atomic mass is 10.1. The number of carbonyl (C=O) groups is 1. The minimum absolute atomic E-state index is 0.0765. The predicted octanol–water partition coefficient (Wildman–Crippen LogP) is 4.14. The summed E-state index contributed by atoms with van der Waals surface area (Å²) in [6, 6.07) is 12.3. The van der Waals surface area contributed by atoms with Gasteiger partial charge in [0.05, 0.1) is 4.92 Å². The first-order valence-electron chi connectivity index (χ1n) is 7.57. The van der Waals surface area contributed by atoms with E-state index in [1.807, 2.05) is 24.5 Å². The maximum absolute atomic E-state index is 12.4. The monoisotopic (exact) mass is 343 g/mol. The van der Waals surface area contributed by atoms with Gasteiger partial charge in [-0.3, -0.25) is 14.9 Å². The van der Waals surface area contributed by atoms with Crippen LogP contribution in [0.1, 0.15) is 23.2 Å². The molecule has 24 heavy (non-hydrogen) atoms. The van der Waals surface area contributed by atoms with Gasteiger partial charge in [-0.25, -0.2) is 0 Å². The number of nitro groups is 1. The van der Waals surface area contributed by atoms with Gasteiger partial charge in [0.2, 0.25) is 0 Å².